The van der Waals surface area contributed by atoms with Gasteiger partial charge >= 0.3 is 5.97 Å². The molecule has 1 rings (SSSR count). The van der Waals surface area contributed by atoms with E-state index in [1.165, 1.54) is 0 Å². The van der Waals surface area contributed by atoms with Crippen molar-refractivity contribution < 1.29 is 19.7 Å². The molecule has 0 aromatic heterocycles. The van der Waals surface area contributed by atoms with Crippen LogP contribution >= 0.6 is 0 Å². The molecule has 0 bridgehead atoms. The van der Waals surface area contributed by atoms with Crippen molar-refractivity contribution in [3.05, 3.63) is 0 Å². The summed E-state index contributed by atoms with van der Waals surface area (Å²) in [6.07, 6.45) is -1.89. The highest BCUT2D eigenvalue weighted by Crippen LogP contribution is 2.28. The molecule has 1 fully saturated rings. The Morgan fingerprint density at radius 3 is 2.20 bits per heavy atom. The zero-order valence-corrected chi connectivity index (χ0v) is 9.30. The van der Waals surface area contributed by atoms with E-state index in [-0.39, 0.29) is 6.42 Å². The second-order valence-electron chi connectivity index (χ2n) is 5.02. The van der Waals surface area contributed by atoms with E-state index in [4.69, 9.17) is 10.5 Å². The lowest BCUT2D eigenvalue weighted by molar-refractivity contribution is -0.164. The average Bonchev–Trinajstić information content (AvgIpc) is 2.30. The Morgan fingerprint density at radius 2 is 1.87 bits per heavy atom. The molecule has 0 aliphatic heterocycles. The molecule has 1 aliphatic carbocycles. The van der Waals surface area contributed by atoms with Gasteiger partial charge in [0.2, 0.25) is 0 Å². The summed E-state index contributed by atoms with van der Waals surface area (Å²) in [5.41, 5.74) is 4.95. The topological polar surface area (TPSA) is 92.8 Å². The van der Waals surface area contributed by atoms with Crippen LogP contribution in [0.1, 0.15) is 27.2 Å². The number of aliphatic hydroxyl groups is 2. The van der Waals surface area contributed by atoms with Gasteiger partial charge in [-0.1, -0.05) is 0 Å². The Kier molecular flexibility index (Phi) is 3.38. The van der Waals surface area contributed by atoms with Gasteiger partial charge < -0.3 is 20.7 Å². The van der Waals surface area contributed by atoms with Gasteiger partial charge in [0.15, 0.2) is 0 Å². The first-order chi connectivity index (χ1) is 6.72. The highest BCUT2D eigenvalue weighted by molar-refractivity contribution is 5.74. The van der Waals surface area contributed by atoms with Crippen LogP contribution in [0.15, 0.2) is 0 Å². The van der Waals surface area contributed by atoms with Crippen LogP contribution in [0.4, 0.5) is 0 Å². The SMILES string of the molecule is CC(C)(C)OC(=O)[C@@H]1C[C@H](N)[C@@H](O)[C@H]1O. The summed E-state index contributed by atoms with van der Waals surface area (Å²) in [5.74, 6) is -1.21. The zero-order chi connectivity index (χ0) is 11.8. The number of ether oxygens (including phenoxy) is 1. The number of rotatable bonds is 1. The zero-order valence-electron chi connectivity index (χ0n) is 9.30. The quantitative estimate of drug-likeness (QED) is 0.510. The van der Waals surface area contributed by atoms with Gasteiger partial charge in [0.25, 0.3) is 0 Å². The van der Waals surface area contributed by atoms with Crippen LogP contribution in [-0.4, -0.2) is 40.0 Å². The molecule has 5 heteroatoms. The van der Waals surface area contributed by atoms with Crippen LogP contribution in [0, 0.1) is 5.92 Å². The standard InChI is InChI=1S/C10H19NO4/c1-10(2,3)15-9(14)5-4-6(11)8(13)7(5)12/h5-8,12-13H,4,11H2,1-3H3/t5-,6+,7+,8-/m1/s1. The summed E-state index contributed by atoms with van der Waals surface area (Å²) in [6.45, 7) is 5.26. The lowest BCUT2D eigenvalue weighted by Gasteiger charge is -2.23. The molecule has 0 spiro atoms. The van der Waals surface area contributed by atoms with Crippen molar-refractivity contribution in [2.45, 2.75) is 51.0 Å². The number of carbonyl (C=O) groups is 1. The second kappa shape index (κ2) is 4.08. The molecule has 0 unspecified atom stereocenters. The smallest absolute Gasteiger partial charge is 0.312 e. The Morgan fingerprint density at radius 1 is 1.33 bits per heavy atom. The second-order valence-corrected chi connectivity index (χ2v) is 5.02. The molecule has 0 radical (unpaired) electrons. The molecular weight excluding hydrogens is 198 g/mol. The molecular formula is C10H19NO4. The first kappa shape index (κ1) is 12.4. The Bertz CT molecular complexity index is 248. The van der Waals surface area contributed by atoms with Gasteiger partial charge in [-0.2, -0.15) is 0 Å². The van der Waals surface area contributed by atoms with E-state index in [0.717, 1.165) is 0 Å². The minimum atomic E-state index is -1.12. The Balaban J connectivity index is 2.62. The monoisotopic (exact) mass is 217 g/mol. The van der Waals surface area contributed by atoms with Crippen molar-refractivity contribution in [3.8, 4) is 0 Å². The number of nitrogens with two attached hydrogens (primary N) is 1. The first-order valence-electron chi connectivity index (χ1n) is 5.07. The van der Waals surface area contributed by atoms with Gasteiger partial charge in [-0.05, 0) is 27.2 Å². The normalized spacial score (nSPS) is 36.7. The maximum Gasteiger partial charge on any atom is 0.312 e. The predicted octanol–water partition coefficient (Wildman–Crippen LogP) is -0.603. The van der Waals surface area contributed by atoms with E-state index >= 15 is 0 Å². The third-order valence-corrected chi connectivity index (χ3v) is 2.44. The molecule has 4 N–H and O–H groups in total. The molecule has 4 atom stereocenters. The molecule has 0 aromatic rings. The summed E-state index contributed by atoms with van der Waals surface area (Å²) >= 11 is 0. The van der Waals surface area contributed by atoms with Crippen molar-refractivity contribution in [1.29, 1.82) is 0 Å². The number of esters is 1. The van der Waals surface area contributed by atoms with Crippen LogP contribution in [0.5, 0.6) is 0 Å². The van der Waals surface area contributed by atoms with Crippen molar-refractivity contribution in [2.24, 2.45) is 11.7 Å². The molecule has 5 nitrogen and oxygen atoms in total. The Labute approximate surface area is 89.2 Å². The molecule has 0 amide bonds. The van der Waals surface area contributed by atoms with Gasteiger partial charge in [0.05, 0.1) is 18.1 Å². The molecule has 1 saturated carbocycles. The number of carbonyl (C=O) groups excluding carboxylic acids is 1. The van der Waals surface area contributed by atoms with Crippen LogP contribution in [0.2, 0.25) is 0 Å². The fourth-order valence-electron chi connectivity index (χ4n) is 1.68. The maximum absolute atomic E-state index is 11.6. The van der Waals surface area contributed by atoms with E-state index < -0.39 is 35.7 Å². The highest BCUT2D eigenvalue weighted by Gasteiger charge is 2.45. The fraction of sp³-hybridized carbons (Fsp3) is 0.900. The summed E-state index contributed by atoms with van der Waals surface area (Å²) < 4.78 is 5.12. The fourth-order valence-corrected chi connectivity index (χ4v) is 1.68. The summed E-state index contributed by atoms with van der Waals surface area (Å²) in [5, 5.41) is 19.0. The van der Waals surface area contributed by atoms with E-state index in [9.17, 15) is 15.0 Å². The van der Waals surface area contributed by atoms with Gasteiger partial charge in [-0.25, -0.2) is 0 Å². The van der Waals surface area contributed by atoms with E-state index in [0.29, 0.717) is 0 Å². The van der Waals surface area contributed by atoms with Crippen molar-refractivity contribution in [1.82, 2.24) is 0 Å². The number of hydrogen-bond donors (Lipinski definition) is 3. The molecule has 1 aliphatic rings. The van der Waals surface area contributed by atoms with Crippen LogP contribution < -0.4 is 5.73 Å². The summed E-state index contributed by atoms with van der Waals surface area (Å²) in [7, 11) is 0. The lowest BCUT2D eigenvalue weighted by Crippen LogP contribution is -2.37. The minimum absolute atomic E-state index is 0.261. The highest BCUT2D eigenvalue weighted by atomic mass is 16.6. The van der Waals surface area contributed by atoms with Crippen LogP contribution in [-0.2, 0) is 9.53 Å². The maximum atomic E-state index is 11.6. The van der Waals surface area contributed by atoms with E-state index in [2.05, 4.69) is 0 Å². The number of hydrogen-bond acceptors (Lipinski definition) is 5. The summed E-state index contributed by atoms with van der Waals surface area (Å²) in [4.78, 5) is 11.6. The van der Waals surface area contributed by atoms with Gasteiger partial charge in [0.1, 0.15) is 5.60 Å². The minimum Gasteiger partial charge on any atom is -0.460 e. The van der Waals surface area contributed by atoms with Gasteiger partial charge in [0, 0.05) is 6.04 Å². The molecule has 88 valence electrons. The van der Waals surface area contributed by atoms with E-state index in [1.54, 1.807) is 20.8 Å². The van der Waals surface area contributed by atoms with E-state index in [1.807, 2.05) is 0 Å². The van der Waals surface area contributed by atoms with Gasteiger partial charge in [-0.3, -0.25) is 4.79 Å². The first-order valence-corrected chi connectivity index (χ1v) is 5.07. The molecule has 0 heterocycles. The van der Waals surface area contributed by atoms with Crippen molar-refractivity contribution in [3.63, 3.8) is 0 Å². The van der Waals surface area contributed by atoms with Gasteiger partial charge in [-0.15, -0.1) is 0 Å². The molecule has 15 heavy (non-hydrogen) atoms. The third-order valence-electron chi connectivity index (χ3n) is 2.44. The molecule has 0 saturated heterocycles. The summed E-state index contributed by atoms with van der Waals surface area (Å²) in [6, 6.07) is -0.558. The molecule has 0 aromatic carbocycles. The van der Waals surface area contributed by atoms with Crippen molar-refractivity contribution in [2.75, 3.05) is 0 Å². The van der Waals surface area contributed by atoms with Crippen molar-refractivity contribution >= 4 is 5.97 Å². The Hall–Kier alpha value is -0.650. The van der Waals surface area contributed by atoms with Crippen LogP contribution in [0.3, 0.4) is 0 Å². The third kappa shape index (κ3) is 2.90. The number of aliphatic hydroxyl groups excluding tert-OH is 2. The van der Waals surface area contributed by atoms with Crippen LogP contribution in [0.25, 0.3) is 0 Å². The average molecular weight is 217 g/mol. The largest absolute Gasteiger partial charge is 0.460 e. The predicted molar refractivity (Wildman–Crippen MR) is 53.9 cm³/mol. The lowest BCUT2D eigenvalue weighted by atomic mass is 10.1.